The van der Waals surface area contributed by atoms with Gasteiger partial charge in [-0.2, -0.15) is 5.10 Å². The van der Waals surface area contributed by atoms with Gasteiger partial charge in [0.1, 0.15) is 0 Å². The fourth-order valence-corrected chi connectivity index (χ4v) is 2.82. The van der Waals surface area contributed by atoms with E-state index in [1.807, 2.05) is 55.6 Å². The maximum absolute atomic E-state index is 12.1. The second kappa shape index (κ2) is 9.50. The van der Waals surface area contributed by atoms with E-state index in [0.717, 1.165) is 12.0 Å². The van der Waals surface area contributed by atoms with Crippen molar-refractivity contribution in [3.8, 4) is 0 Å². The monoisotopic (exact) mass is 377 g/mol. The number of nitrogens with zero attached hydrogens (tertiary/aromatic N) is 2. The van der Waals surface area contributed by atoms with Crippen molar-refractivity contribution < 1.29 is 14.3 Å². The highest BCUT2D eigenvalue weighted by Crippen LogP contribution is 2.08. The normalized spacial score (nSPS) is 10.5. The van der Waals surface area contributed by atoms with Gasteiger partial charge in [0.25, 0.3) is 5.91 Å². The SMILES string of the molecule is Cc1ccccc1CCNC(=O)COC(=O)c1ccc(Cn2cccn2)cc1. The second-order valence-corrected chi connectivity index (χ2v) is 6.50. The molecule has 3 rings (SSSR count). The van der Waals surface area contributed by atoms with Gasteiger partial charge in [-0.1, -0.05) is 36.4 Å². The summed E-state index contributed by atoms with van der Waals surface area (Å²) in [6.45, 7) is 2.88. The topological polar surface area (TPSA) is 73.2 Å². The molecule has 0 spiro atoms. The fraction of sp³-hybridized carbons (Fsp3) is 0.227. The zero-order chi connectivity index (χ0) is 19.8. The Kier molecular flexibility index (Phi) is 6.57. The van der Waals surface area contributed by atoms with E-state index in [9.17, 15) is 9.59 Å². The second-order valence-electron chi connectivity index (χ2n) is 6.50. The molecular weight excluding hydrogens is 354 g/mol. The minimum Gasteiger partial charge on any atom is -0.452 e. The molecule has 1 heterocycles. The zero-order valence-corrected chi connectivity index (χ0v) is 15.8. The predicted octanol–water partition coefficient (Wildman–Crippen LogP) is 2.76. The lowest BCUT2D eigenvalue weighted by Crippen LogP contribution is -2.30. The van der Waals surface area contributed by atoms with Crippen molar-refractivity contribution in [1.29, 1.82) is 0 Å². The van der Waals surface area contributed by atoms with Gasteiger partial charge in [-0.3, -0.25) is 9.48 Å². The number of carbonyl (C=O) groups is 2. The Morgan fingerprint density at radius 1 is 1.07 bits per heavy atom. The molecule has 144 valence electrons. The van der Waals surface area contributed by atoms with Gasteiger partial charge in [-0.15, -0.1) is 0 Å². The van der Waals surface area contributed by atoms with Crippen molar-refractivity contribution in [2.45, 2.75) is 19.9 Å². The molecule has 0 aliphatic heterocycles. The number of rotatable bonds is 8. The summed E-state index contributed by atoms with van der Waals surface area (Å²) < 4.78 is 6.89. The molecule has 6 nitrogen and oxygen atoms in total. The molecule has 0 bridgehead atoms. The number of nitrogens with one attached hydrogen (secondary N) is 1. The van der Waals surface area contributed by atoms with Crippen LogP contribution in [-0.2, 0) is 22.5 Å². The molecule has 0 saturated carbocycles. The number of carbonyl (C=O) groups excluding carboxylic acids is 2. The summed E-state index contributed by atoms with van der Waals surface area (Å²) in [6, 6.07) is 17.0. The van der Waals surface area contributed by atoms with E-state index in [4.69, 9.17) is 4.74 Å². The minimum absolute atomic E-state index is 0.290. The molecule has 0 aliphatic rings. The average Bonchev–Trinajstić information content (AvgIpc) is 3.21. The number of amides is 1. The number of aromatic nitrogens is 2. The standard InChI is InChI=1S/C22H23N3O3/c1-17-5-2-3-6-19(17)11-13-23-21(26)16-28-22(27)20-9-7-18(8-10-20)15-25-14-4-12-24-25/h2-10,12,14H,11,13,15-16H2,1H3,(H,23,26). The first kappa shape index (κ1) is 19.4. The summed E-state index contributed by atoms with van der Waals surface area (Å²) in [5, 5.41) is 6.92. The summed E-state index contributed by atoms with van der Waals surface area (Å²) in [5.74, 6) is -0.822. The third-order valence-corrected chi connectivity index (χ3v) is 4.41. The molecule has 0 fully saturated rings. The van der Waals surface area contributed by atoms with Crippen LogP contribution in [0.2, 0.25) is 0 Å². The Morgan fingerprint density at radius 2 is 1.86 bits per heavy atom. The van der Waals surface area contributed by atoms with Crippen LogP contribution >= 0.6 is 0 Å². The van der Waals surface area contributed by atoms with Crippen molar-refractivity contribution in [3.05, 3.63) is 89.2 Å². The van der Waals surface area contributed by atoms with Crippen LogP contribution in [0.5, 0.6) is 0 Å². The molecule has 0 radical (unpaired) electrons. The van der Waals surface area contributed by atoms with Crippen LogP contribution in [0.4, 0.5) is 0 Å². The van der Waals surface area contributed by atoms with Crippen LogP contribution in [0, 0.1) is 6.92 Å². The van der Waals surface area contributed by atoms with Gasteiger partial charge >= 0.3 is 5.97 Å². The molecular formula is C22H23N3O3. The highest BCUT2D eigenvalue weighted by atomic mass is 16.5. The first-order valence-corrected chi connectivity index (χ1v) is 9.16. The van der Waals surface area contributed by atoms with E-state index in [1.165, 1.54) is 11.1 Å². The van der Waals surface area contributed by atoms with Gasteiger partial charge < -0.3 is 10.1 Å². The summed E-state index contributed by atoms with van der Waals surface area (Å²) >= 11 is 0. The third kappa shape index (κ3) is 5.54. The maximum atomic E-state index is 12.1. The molecule has 1 N–H and O–H groups in total. The molecule has 2 aromatic carbocycles. The summed E-state index contributed by atoms with van der Waals surface area (Å²) in [7, 11) is 0. The maximum Gasteiger partial charge on any atom is 0.338 e. The molecule has 0 unspecified atom stereocenters. The molecule has 0 atom stereocenters. The van der Waals surface area contributed by atoms with Gasteiger partial charge in [-0.05, 0) is 48.2 Å². The van der Waals surface area contributed by atoms with E-state index in [1.54, 1.807) is 23.0 Å². The van der Waals surface area contributed by atoms with E-state index < -0.39 is 5.97 Å². The number of hydrogen-bond acceptors (Lipinski definition) is 4. The molecule has 6 heteroatoms. The number of aryl methyl sites for hydroxylation is 1. The molecule has 28 heavy (non-hydrogen) atoms. The fourth-order valence-electron chi connectivity index (χ4n) is 2.82. The first-order valence-electron chi connectivity index (χ1n) is 9.16. The summed E-state index contributed by atoms with van der Waals surface area (Å²) in [6.07, 6.45) is 4.34. The van der Waals surface area contributed by atoms with Gasteiger partial charge in [0, 0.05) is 18.9 Å². The Balaban J connectivity index is 1.40. The quantitative estimate of drug-likeness (QED) is 0.613. The number of ether oxygens (including phenoxy) is 1. The Hall–Kier alpha value is -3.41. The molecule has 0 aliphatic carbocycles. The van der Waals surface area contributed by atoms with Gasteiger partial charge in [0.05, 0.1) is 12.1 Å². The van der Waals surface area contributed by atoms with Crippen LogP contribution < -0.4 is 5.32 Å². The lowest BCUT2D eigenvalue weighted by atomic mass is 10.1. The van der Waals surface area contributed by atoms with Crippen molar-refractivity contribution >= 4 is 11.9 Å². The van der Waals surface area contributed by atoms with Crippen LogP contribution in [0.3, 0.4) is 0 Å². The van der Waals surface area contributed by atoms with Gasteiger partial charge in [0.2, 0.25) is 0 Å². The van der Waals surface area contributed by atoms with Crippen molar-refractivity contribution in [1.82, 2.24) is 15.1 Å². The smallest absolute Gasteiger partial charge is 0.338 e. The number of benzene rings is 2. The van der Waals surface area contributed by atoms with Crippen LogP contribution in [-0.4, -0.2) is 34.8 Å². The minimum atomic E-state index is -0.514. The van der Waals surface area contributed by atoms with E-state index >= 15 is 0 Å². The van der Waals surface area contributed by atoms with E-state index in [2.05, 4.69) is 10.4 Å². The van der Waals surface area contributed by atoms with E-state index in [-0.39, 0.29) is 12.5 Å². The zero-order valence-electron chi connectivity index (χ0n) is 15.8. The Bertz CT molecular complexity index is 918. The van der Waals surface area contributed by atoms with Gasteiger partial charge in [0.15, 0.2) is 6.61 Å². The predicted molar refractivity (Wildman–Crippen MR) is 106 cm³/mol. The molecule has 1 amide bonds. The largest absolute Gasteiger partial charge is 0.452 e. The third-order valence-electron chi connectivity index (χ3n) is 4.41. The van der Waals surface area contributed by atoms with Crippen molar-refractivity contribution in [3.63, 3.8) is 0 Å². The van der Waals surface area contributed by atoms with E-state index in [0.29, 0.717) is 18.7 Å². The number of hydrogen-bond donors (Lipinski definition) is 1. The summed E-state index contributed by atoms with van der Waals surface area (Å²) in [4.78, 5) is 24.0. The van der Waals surface area contributed by atoms with Gasteiger partial charge in [-0.25, -0.2) is 4.79 Å². The van der Waals surface area contributed by atoms with Crippen LogP contribution in [0.25, 0.3) is 0 Å². The van der Waals surface area contributed by atoms with Crippen LogP contribution in [0.15, 0.2) is 67.0 Å². The Morgan fingerprint density at radius 3 is 2.57 bits per heavy atom. The number of esters is 1. The first-order chi connectivity index (χ1) is 13.6. The molecule has 1 aromatic heterocycles. The van der Waals surface area contributed by atoms with Crippen molar-refractivity contribution in [2.24, 2.45) is 0 Å². The van der Waals surface area contributed by atoms with Crippen molar-refractivity contribution in [2.75, 3.05) is 13.2 Å². The average molecular weight is 377 g/mol. The van der Waals surface area contributed by atoms with Crippen LogP contribution in [0.1, 0.15) is 27.0 Å². The summed E-state index contributed by atoms with van der Waals surface area (Å²) in [5.41, 5.74) is 3.82. The highest BCUT2D eigenvalue weighted by Gasteiger charge is 2.10. The lowest BCUT2D eigenvalue weighted by Gasteiger charge is -2.08. The molecule has 3 aromatic rings. The lowest BCUT2D eigenvalue weighted by molar-refractivity contribution is -0.124. The highest BCUT2D eigenvalue weighted by molar-refractivity contribution is 5.91. The molecule has 0 saturated heterocycles. The Labute approximate surface area is 164 Å².